The quantitative estimate of drug-likeness (QED) is 0.691. The summed E-state index contributed by atoms with van der Waals surface area (Å²) in [5.41, 5.74) is 9.46. The molecule has 0 aliphatic heterocycles. The number of nitrogens with one attached hydrogen (secondary N) is 1. The lowest BCUT2D eigenvalue weighted by Crippen LogP contribution is -2.16. The molecule has 0 spiro atoms. The normalized spacial score (nSPS) is 10.2. The van der Waals surface area contributed by atoms with E-state index in [-0.39, 0.29) is 5.82 Å². The van der Waals surface area contributed by atoms with Crippen LogP contribution in [0.3, 0.4) is 0 Å². The highest BCUT2D eigenvalue weighted by atomic mass is 16.5. The molecule has 148 valence electrons. The van der Waals surface area contributed by atoms with Gasteiger partial charge in [-0.1, -0.05) is 12.1 Å². The van der Waals surface area contributed by atoms with E-state index >= 15 is 0 Å². The van der Waals surface area contributed by atoms with Gasteiger partial charge in [0, 0.05) is 11.1 Å². The Labute approximate surface area is 169 Å². The Balaban J connectivity index is 2.26. The molecule has 0 fully saturated rings. The highest BCUT2D eigenvalue weighted by molar-refractivity contribution is 5.80. The number of hydrogen-bond acceptors (Lipinski definition) is 6. The Morgan fingerprint density at radius 3 is 2.10 bits per heavy atom. The summed E-state index contributed by atoms with van der Waals surface area (Å²) in [6, 6.07) is 15.2. The molecule has 0 bridgehead atoms. The van der Waals surface area contributed by atoms with Gasteiger partial charge in [-0.25, -0.2) is 4.98 Å². The van der Waals surface area contributed by atoms with E-state index in [1.807, 2.05) is 30.3 Å². The number of hydrogen-bond donors (Lipinski definition) is 1. The number of H-pyrrole nitrogens is 1. The van der Waals surface area contributed by atoms with Crippen molar-refractivity contribution in [3.8, 4) is 51.5 Å². The van der Waals surface area contributed by atoms with Crippen LogP contribution in [-0.2, 0) is 0 Å². The van der Waals surface area contributed by atoms with Crippen LogP contribution in [0.15, 0.2) is 42.5 Å². The van der Waals surface area contributed by atoms with Crippen LogP contribution in [0.4, 0.5) is 5.82 Å². The third kappa shape index (κ3) is 3.73. The molecule has 0 saturated heterocycles. The fourth-order valence-electron chi connectivity index (χ4n) is 3.14. The molecule has 7 heteroatoms. The Hall–Kier alpha value is -3.92. The van der Waals surface area contributed by atoms with Gasteiger partial charge >= 0.3 is 0 Å². The number of nitrogen functional groups attached to an aromatic ring is 1. The average Bonchev–Trinajstić information content (AvgIpc) is 2.77. The van der Waals surface area contributed by atoms with E-state index in [2.05, 4.69) is 11.1 Å². The third-order valence-electron chi connectivity index (χ3n) is 4.56. The first-order valence-electron chi connectivity index (χ1n) is 8.77. The molecule has 0 saturated carbocycles. The number of nitriles is 1. The minimum absolute atomic E-state index is 0.261. The lowest BCUT2D eigenvalue weighted by molar-refractivity contribution is -0.346. The second-order valence-corrected chi connectivity index (χ2v) is 6.14. The first kappa shape index (κ1) is 19.8. The zero-order valence-corrected chi connectivity index (χ0v) is 16.7. The van der Waals surface area contributed by atoms with E-state index < -0.39 is 0 Å². The van der Waals surface area contributed by atoms with Gasteiger partial charge < -0.3 is 18.9 Å². The summed E-state index contributed by atoms with van der Waals surface area (Å²) in [6.45, 7) is 0. The molecule has 0 aliphatic rings. The van der Waals surface area contributed by atoms with Crippen molar-refractivity contribution in [2.24, 2.45) is 0 Å². The molecule has 7 nitrogen and oxygen atoms in total. The number of aromatic nitrogens is 1. The second-order valence-electron chi connectivity index (χ2n) is 6.14. The Morgan fingerprint density at radius 1 is 0.862 bits per heavy atom. The Morgan fingerprint density at radius 2 is 1.55 bits per heavy atom. The van der Waals surface area contributed by atoms with E-state index in [1.54, 1.807) is 33.5 Å². The Kier molecular flexibility index (Phi) is 5.74. The summed E-state index contributed by atoms with van der Waals surface area (Å²) in [4.78, 5) is 3.10. The smallest absolute Gasteiger partial charge is 0.289 e. The number of rotatable bonds is 6. The van der Waals surface area contributed by atoms with Crippen LogP contribution in [0.2, 0.25) is 0 Å². The summed E-state index contributed by atoms with van der Waals surface area (Å²) in [5.74, 6) is 2.42. The summed E-state index contributed by atoms with van der Waals surface area (Å²) in [5, 5.41) is 9.70. The highest BCUT2D eigenvalue weighted by Gasteiger charge is 2.21. The minimum atomic E-state index is 0.261. The summed E-state index contributed by atoms with van der Waals surface area (Å²) >= 11 is 0. The van der Waals surface area contributed by atoms with Gasteiger partial charge in [0.05, 0.1) is 28.4 Å². The van der Waals surface area contributed by atoms with Gasteiger partial charge in [0.2, 0.25) is 5.75 Å². The van der Waals surface area contributed by atoms with Gasteiger partial charge in [-0.3, -0.25) is 5.73 Å². The van der Waals surface area contributed by atoms with E-state index in [1.165, 1.54) is 7.11 Å². The van der Waals surface area contributed by atoms with Crippen molar-refractivity contribution < 1.29 is 23.9 Å². The fourth-order valence-corrected chi connectivity index (χ4v) is 3.14. The first-order chi connectivity index (χ1) is 14.1. The summed E-state index contributed by atoms with van der Waals surface area (Å²) in [6.07, 6.45) is 0. The monoisotopic (exact) mass is 392 g/mol. The van der Waals surface area contributed by atoms with Crippen LogP contribution in [0.25, 0.3) is 22.4 Å². The summed E-state index contributed by atoms with van der Waals surface area (Å²) < 4.78 is 21.6. The number of methoxy groups -OCH3 is 4. The molecule has 0 amide bonds. The Bertz CT molecular complexity index is 1060. The molecule has 2 aromatic carbocycles. The maximum atomic E-state index is 9.70. The molecule has 1 aromatic heterocycles. The van der Waals surface area contributed by atoms with Gasteiger partial charge in [-0.2, -0.15) is 5.26 Å². The SMILES string of the molecule is COc1cccc(-c2cc(-c3cc(OC)c(OC)c(OC)c3)c(C#N)c(N)[nH+]2)c1. The lowest BCUT2D eigenvalue weighted by Gasteiger charge is -2.15. The number of pyridine rings is 1. The predicted octanol–water partition coefficient (Wildman–Crippen LogP) is 3.32. The first-order valence-corrected chi connectivity index (χ1v) is 8.77. The van der Waals surface area contributed by atoms with Crippen molar-refractivity contribution in [2.45, 2.75) is 0 Å². The molecule has 0 aliphatic carbocycles. The van der Waals surface area contributed by atoms with Crippen molar-refractivity contribution >= 4 is 5.82 Å². The van der Waals surface area contributed by atoms with E-state index in [9.17, 15) is 5.26 Å². The van der Waals surface area contributed by atoms with Gasteiger partial charge in [-0.15, -0.1) is 0 Å². The topological polar surface area (TPSA) is 101 Å². The fraction of sp³-hybridized carbons (Fsp3) is 0.182. The zero-order valence-electron chi connectivity index (χ0n) is 16.7. The molecule has 3 N–H and O–H groups in total. The molecular weight excluding hydrogens is 370 g/mol. The van der Waals surface area contributed by atoms with Gasteiger partial charge in [0.1, 0.15) is 23.1 Å². The van der Waals surface area contributed by atoms with Crippen LogP contribution < -0.4 is 29.7 Å². The molecule has 1 heterocycles. The van der Waals surface area contributed by atoms with Crippen molar-refractivity contribution in [3.05, 3.63) is 48.0 Å². The van der Waals surface area contributed by atoms with Crippen LogP contribution in [0.1, 0.15) is 5.56 Å². The molecular formula is C22H22N3O4+. The number of aromatic amines is 1. The van der Waals surface area contributed by atoms with Crippen molar-refractivity contribution in [1.82, 2.24) is 0 Å². The van der Waals surface area contributed by atoms with Crippen molar-refractivity contribution in [2.75, 3.05) is 34.2 Å². The van der Waals surface area contributed by atoms with Crippen molar-refractivity contribution in [3.63, 3.8) is 0 Å². The number of ether oxygens (including phenoxy) is 4. The second kappa shape index (κ2) is 8.40. The van der Waals surface area contributed by atoms with Crippen molar-refractivity contribution in [1.29, 1.82) is 5.26 Å². The minimum Gasteiger partial charge on any atom is -0.497 e. The molecule has 0 unspecified atom stereocenters. The van der Waals surface area contributed by atoms with Gasteiger partial charge in [0.15, 0.2) is 11.5 Å². The third-order valence-corrected chi connectivity index (χ3v) is 4.56. The van der Waals surface area contributed by atoms with Crippen LogP contribution in [0, 0.1) is 11.3 Å². The average molecular weight is 392 g/mol. The molecule has 3 aromatic rings. The number of nitrogens with two attached hydrogens (primary N) is 1. The summed E-state index contributed by atoms with van der Waals surface area (Å²) in [7, 11) is 6.23. The standard InChI is InChI=1S/C22H21N3O4/c1-26-15-7-5-6-13(8-15)18-11-16(17(12-23)22(24)25-18)14-9-19(27-2)21(29-4)20(10-14)28-3/h5-11H,1-4H3,(H2,24,25)/p+1. The maximum Gasteiger partial charge on any atom is 0.289 e. The molecule has 29 heavy (non-hydrogen) atoms. The molecule has 3 rings (SSSR count). The van der Waals surface area contributed by atoms with E-state index in [0.717, 1.165) is 11.3 Å². The van der Waals surface area contributed by atoms with E-state index in [4.69, 9.17) is 24.7 Å². The van der Waals surface area contributed by atoms with Crippen LogP contribution in [-0.4, -0.2) is 28.4 Å². The lowest BCUT2D eigenvalue weighted by atomic mass is 9.97. The number of benzene rings is 2. The molecule has 0 atom stereocenters. The molecule has 0 radical (unpaired) electrons. The number of anilines is 1. The van der Waals surface area contributed by atoms with Crippen LogP contribution >= 0.6 is 0 Å². The van der Waals surface area contributed by atoms with E-state index in [0.29, 0.717) is 39.7 Å². The number of nitrogens with zero attached hydrogens (tertiary/aromatic N) is 1. The largest absolute Gasteiger partial charge is 0.497 e. The predicted molar refractivity (Wildman–Crippen MR) is 109 cm³/mol. The maximum absolute atomic E-state index is 9.70. The zero-order chi connectivity index (χ0) is 21.0. The highest BCUT2D eigenvalue weighted by Crippen LogP contribution is 2.42. The van der Waals surface area contributed by atoms with Gasteiger partial charge in [0.25, 0.3) is 5.82 Å². The van der Waals surface area contributed by atoms with Crippen LogP contribution in [0.5, 0.6) is 23.0 Å². The van der Waals surface area contributed by atoms with Gasteiger partial charge in [-0.05, 0) is 35.9 Å².